The molecule has 1 unspecified atom stereocenters. The van der Waals surface area contributed by atoms with Crippen molar-refractivity contribution >= 4 is 40.0 Å². The second-order valence-electron chi connectivity index (χ2n) is 16.0. The number of hydrogen-bond acceptors (Lipinski definition) is 8. The predicted molar refractivity (Wildman–Crippen MR) is 209 cm³/mol. The number of likely N-dealkylation sites (tertiary alicyclic amines) is 2. The maximum atomic E-state index is 14.8. The number of nitrogens with one attached hydrogen (secondary N) is 2. The standard InChI is InChI=1S/C42H54N8O3/c1-6-43-40(52)33-21-30(12-10-27(33)4)45-39-38-36(44-25-49(38)26(2)3)24-35(46-39)29-11-13-34-37(20-29)50(32-22-31(23-32)48-16-8-7-9-17-48)41(53)42(34)14-18-47(19-15-42)28(5)51/h10-13,20-21,24-26,31-32,40,43,52H,6-9,14-19,22-23H2,1-5H3,(H,45,46). The van der Waals surface area contributed by atoms with Crippen LogP contribution >= 0.6 is 0 Å². The maximum absolute atomic E-state index is 14.8. The fourth-order valence-corrected chi connectivity index (χ4v) is 9.29. The number of aromatic nitrogens is 3. The predicted octanol–water partition coefficient (Wildman–Crippen LogP) is 6.58. The zero-order valence-electron chi connectivity index (χ0n) is 31.9. The van der Waals surface area contributed by atoms with Gasteiger partial charge in [0.25, 0.3) is 0 Å². The highest BCUT2D eigenvalue weighted by Gasteiger charge is 2.55. The molecule has 280 valence electrons. The Bertz CT molecular complexity index is 2020. The first-order valence-corrected chi connectivity index (χ1v) is 19.7. The molecule has 0 bridgehead atoms. The molecule has 11 nitrogen and oxygen atoms in total. The molecule has 3 N–H and O–H groups in total. The largest absolute Gasteiger partial charge is 0.374 e. The second-order valence-corrected chi connectivity index (χ2v) is 16.0. The van der Waals surface area contributed by atoms with Crippen LogP contribution in [0.3, 0.4) is 0 Å². The van der Waals surface area contributed by atoms with Crippen LogP contribution in [-0.2, 0) is 15.0 Å². The van der Waals surface area contributed by atoms with Crippen molar-refractivity contribution in [2.24, 2.45) is 0 Å². The van der Waals surface area contributed by atoms with Crippen LogP contribution in [0.4, 0.5) is 17.2 Å². The highest BCUT2D eigenvalue weighted by Crippen LogP contribution is 2.52. The molecule has 5 heterocycles. The van der Waals surface area contributed by atoms with Crippen LogP contribution in [0.15, 0.2) is 48.8 Å². The Balaban J connectivity index is 1.18. The van der Waals surface area contributed by atoms with E-state index in [-0.39, 0.29) is 23.9 Å². The molecule has 3 fully saturated rings. The lowest BCUT2D eigenvalue weighted by atomic mass is 9.73. The summed E-state index contributed by atoms with van der Waals surface area (Å²) >= 11 is 0. The van der Waals surface area contributed by atoms with Crippen molar-refractivity contribution in [2.45, 2.75) is 109 Å². The third-order valence-corrected chi connectivity index (χ3v) is 12.5. The van der Waals surface area contributed by atoms with Gasteiger partial charge in [0.2, 0.25) is 11.8 Å². The molecule has 4 aromatic rings. The number of carbonyl (C=O) groups is 2. The summed E-state index contributed by atoms with van der Waals surface area (Å²) in [5.41, 5.74) is 7.55. The number of piperidine rings is 2. The van der Waals surface area contributed by atoms with Crippen LogP contribution in [0.2, 0.25) is 0 Å². The van der Waals surface area contributed by atoms with Crippen LogP contribution in [-0.4, -0.2) is 86.1 Å². The van der Waals surface area contributed by atoms with Gasteiger partial charge in [-0.15, -0.1) is 0 Å². The molecule has 4 aliphatic rings. The minimum absolute atomic E-state index is 0.0718. The molecule has 0 radical (unpaired) electrons. The van der Waals surface area contributed by atoms with Gasteiger partial charge in [-0.1, -0.05) is 31.5 Å². The number of anilines is 3. The molecule has 2 aromatic heterocycles. The van der Waals surface area contributed by atoms with E-state index in [1.165, 1.54) is 19.3 Å². The lowest BCUT2D eigenvalue weighted by Crippen LogP contribution is -2.58. The number of carbonyl (C=O) groups excluding carboxylic acids is 2. The first-order chi connectivity index (χ1) is 25.6. The monoisotopic (exact) mass is 718 g/mol. The van der Waals surface area contributed by atoms with E-state index in [0.29, 0.717) is 44.3 Å². The van der Waals surface area contributed by atoms with Crippen molar-refractivity contribution < 1.29 is 14.7 Å². The number of imidazole rings is 1. The molecule has 11 heteroatoms. The summed E-state index contributed by atoms with van der Waals surface area (Å²) in [5.74, 6) is 0.954. The molecule has 3 aliphatic heterocycles. The van der Waals surface area contributed by atoms with Crippen molar-refractivity contribution in [3.63, 3.8) is 0 Å². The Hall–Kier alpha value is -4.32. The third-order valence-electron chi connectivity index (χ3n) is 12.5. The Morgan fingerprint density at radius 2 is 1.75 bits per heavy atom. The summed E-state index contributed by atoms with van der Waals surface area (Å²) in [6.45, 7) is 14.0. The molecule has 2 aromatic carbocycles. The van der Waals surface area contributed by atoms with Gasteiger partial charge in [-0.25, -0.2) is 9.97 Å². The number of nitrogens with zero attached hydrogens (tertiary/aromatic N) is 6. The van der Waals surface area contributed by atoms with Crippen molar-refractivity contribution in [1.29, 1.82) is 0 Å². The van der Waals surface area contributed by atoms with Gasteiger partial charge in [-0.05, 0) is 114 Å². The number of pyridine rings is 1. The van der Waals surface area contributed by atoms with E-state index >= 15 is 0 Å². The normalized spacial score (nSPS) is 22.1. The van der Waals surface area contributed by atoms with Gasteiger partial charge in [-0.3, -0.25) is 14.9 Å². The fourth-order valence-electron chi connectivity index (χ4n) is 9.29. The second kappa shape index (κ2) is 14.2. The minimum Gasteiger partial charge on any atom is -0.374 e. The van der Waals surface area contributed by atoms with Crippen LogP contribution in [0.1, 0.15) is 102 Å². The molecule has 53 heavy (non-hydrogen) atoms. The van der Waals surface area contributed by atoms with Crippen LogP contribution < -0.4 is 15.5 Å². The van der Waals surface area contributed by atoms with E-state index in [1.807, 2.05) is 43.3 Å². The third kappa shape index (κ3) is 6.30. The van der Waals surface area contributed by atoms with Gasteiger partial charge in [-0.2, -0.15) is 0 Å². The van der Waals surface area contributed by atoms with Gasteiger partial charge in [0, 0.05) is 60.6 Å². The first-order valence-electron chi connectivity index (χ1n) is 19.7. The smallest absolute Gasteiger partial charge is 0.238 e. The summed E-state index contributed by atoms with van der Waals surface area (Å²) in [4.78, 5) is 43.8. The van der Waals surface area contributed by atoms with E-state index in [4.69, 9.17) is 9.97 Å². The SMILES string of the molecule is CCNC(O)c1cc(Nc2nc(-c3ccc4c(c3)N(C3CC(N5CCCCC5)C3)C(=O)C43CCN(C(C)=O)CC3)cc3ncn(C(C)C)c23)ccc1C. The molecule has 1 aliphatic carbocycles. The highest BCUT2D eigenvalue weighted by atomic mass is 16.3. The number of aliphatic hydroxyl groups is 1. The Kier molecular flexibility index (Phi) is 9.53. The van der Waals surface area contributed by atoms with Crippen LogP contribution in [0.25, 0.3) is 22.3 Å². The molecular formula is C42H54N8O3. The van der Waals surface area contributed by atoms with Crippen molar-refractivity contribution in [3.8, 4) is 11.3 Å². The lowest BCUT2D eigenvalue weighted by Gasteiger charge is -2.48. The topological polar surface area (TPSA) is 119 Å². The zero-order valence-corrected chi connectivity index (χ0v) is 31.9. The summed E-state index contributed by atoms with van der Waals surface area (Å²) in [6, 6.07) is 15.4. The van der Waals surface area contributed by atoms with E-state index in [9.17, 15) is 14.7 Å². The van der Waals surface area contributed by atoms with E-state index in [0.717, 1.165) is 76.3 Å². The molecule has 1 spiro atoms. The number of rotatable bonds is 9. The molecule has 1 atom stereocenters. The van der Waals surface area contributed by atoms with E-state index in [1.54, 1.807) is 6.92 Å². The van der Waals surface area contributed by atoms with Crippen molar-refractivity contribution in [1.82, 2.24) is 29.7 Å². The van der Waals surface area contributed by atoms with Gasteiger partial charge in [0.15, 0.2) is 5.82 Å². The van der Waals surface area contributed by atoms with Crippen molar-refractivity contribution in [2.75, 3.05) is 42.9 Å². The maximum Gasteiger partial charge on any atom is 0.238 e. The van der Waals surface area contributed by atoms with Gasteiger partial charge >= 0.3 is 0 Å². The quantitative estimate of drug-likeness (QED) is 0.166. The number of aryl methyl sites for hydroxylation is 1. The van der Waals surface area contributed by atoms with Crippen molar-refractivity contribution in [3.05, 3.63) is 65.5 Å². The van der Waals surface area contributed by atoms with Gasteiger partial charge < -0.3 is 29.7 Å². The lowest BCUT2D eigenvalue weighted by molar-refractivity contribution is -0.134. The first kappa shape index (κ1) is 35.7. The van der Waals surface area contributed by atoms with Gasteiger partial charge in [0.05, 0.1) is 23.0 Å². The van der Waals surface area contributed by atoms with Gasteiger partial charge in [0.1, 0.15) is 11.7 Å². The summed E-state index contributed by atoms with van der Waals surface area (Å²) in [6.07, 6.45) is 8.21. The average molecular weight is 719 g/mol. The minimum atomic E-state index is -0.775. The highest BCUT2D eigenvalue weighted by molar-refractivity contribution is 6.09. The number of amides is 2. The van der Waals surface area contributed by atoms with Crippen LogP contribution in [0.5, 0.6) is 0 Å². The number of fused-ring (bicyclic) bond motifs is 3. The number of benzene rings is 2. The Morgan fingerprint density at radius 3 is 2.45 bits per heavy atom. The summed E-state index contributed by atoms with van der Waals surface area (Å²) in [5, 5.41) is 17.5. The molecule has 2 amide bonds. The average Bonchev–Trinajstić information content (AvgIpc) is 3.67. The number of hydrogen-bond donors (Lipinski definition) is 3. The molecular weight excluding hydrogens is 665 g/mol. The van der Waals surface area contributed by atoms with Crippen LogP contribution in [0, 0.1) is 6.92 Å². The van der Waals surface area contributed by atoms with E-state index < -0.39 is 11.6 Å². The molecule has 1 saturated carbocycles. The number of aliphatic hydroxyl groups excluding tert-OH is 1. The Morgan fingerprint density at radius 1 is 1.00 bits per heavy atom. The van der Waals surface area contributed by atoms with E-state index in [2.05, 4.69) is 63.1 Å². The fraction of sp³-hybridized carbons (Fsp3) is 0.524. The molecule has 2 saturated heterocycles. The Labute approximate surface area is 312 Å². The summed E-state index contributed by atoms with van der Waals surface area (Å²) < 4.78 is 2.13. The summed E-state index contributed by atoms with van der Waals surface area (Å²) in [7, 11) is 0. The molecule has 8 rings (SSSR count). The zero-order chi connectivity index (χ0) is 37.0.